The van der Waals surface area contributed by atoms with Crippen molar-refractivity contribution in [2.45, 2.75) is 25.7 Å². The van der Waals surface area contributed by atoms with Crippen molar-refractivity contribution in [1.29, 1.82) is 0 Å². The topological polar surface area (TPSA) is 48.9 Å². The van der Waals surface area contributed by atoms with E-state index in [1.165, 1.54) is 17.7 Å². The van der Waals surface area contributed by atoms with Gasteiger partial charge in [-0.1, -0.05) is 0 Å². The van der Waals surface area contributed by atoms with Crippen molar-refractivity contribution in [2.24, 2.45) is 0 Å². The van der Waals surface area contributed by atoms with Gasteiger partial charge in [-0.2, -0.15) is 5.10 Å². The first-order valence-electron chi connectivity index (χ1n) is 4.07. The van der Waals surface area contributed by atoms with Gasteiger partial charge in [0.05, 0.1) is 5.69 Å². The van der Waals surface area contributed by atoms with Crippen LogP contribution in [0.5, 0.6) is 0 Å². The molecule has 0 amide bonds. The normalized spacial score (nSPS) is 15.4. The molecular weight excluding hydrogens is 140 g/mol. The van der Waals surface area contributed by atoms with E-state index in [0.717, 1.165) is 18.5 Å². The third kappa shape index (κ3) is 1.05. The Hall–Kier alpha value is -0.830. The minimum absolute atomic E-state index is 0.206. The Morgan fingerprint density at radius 1 is 1.45 bits per heavy atom. The van der Waals surface area contributed by atoms with Crippen molar-refractivity contribution in [1.82, 2.24) is 10.2 Å². The summed E-state index contributed by atoms with van der Waals surface area (Å²) < 4.78 is 0. The number of aliphatic hydroxyl groups excluding tert-OH is 1. The predicted molar refractivity (Wildman–Crippen MR) is 41.4 cm³/mol. The van der Waals surface area contributed by atoms with Crippen LogP contribution in [0.15, 0.2) is 0 Å². The molecule has 11 heavy (non-hydrogen) atoms. The molecule has 0 unspecified atom stereocenters. The van der Waals surface area contributed by atoms with Crippen LogP contribution in [0, 0.1) is 0 Å². The molecule has 0 radical (unpaired) electrons. The number of rotatable bonds is 2. The fraction of sp³-hybridized carbons (Fsp3) is 0.625. The summed E-state index contributed by atoms with van der Waals surface area (Å²) in [6.45, 7) is 0.206. The standard InChI is InChI=1S/C8H12N2O/c11-5-4-8-6-2-1-3-7(6)9-10-8/h11H,1-5H2,(H,9,10). The lowest BCUT2D eigenvalue weighted by molar-refractivity contribution is 0.298. The summed E-state index contributed by atoms with van der Waals surface area (Å²) in [6.07, 6.45) is 4.21. The van der Waals surface area contributed by atoms with Crippen LogP contribution in [-0.4, -0.2) is 21.9 Å². The van der Waals surface area contributed by atoms with E-state index in [1.54, 1.807) is 0 Å². The lowest BCUT2D eigenvalue weighted by Gasteiger charge is -1.93. The Labute approximate surface area is 65.4 Å². The first-order chi connectivity index (χ1) is 5.42. The highest BCUT2D eigenvalue weighted by molar-refractivity contribution is 5.29. The molecule has 0 atom stereocenters. The summed E-state index contributed by atoms with van der Waals surface area (Å²) in [5, 5.41) is 15.9. The van der Waals surface area contributed by atoms with Crippen molar-refractivity contribution in [3.05, 3.63) is 17.0 Å². The third-order valence-electron chi connectivity index (χ3n) is 2.24. The van der Waals surface area contributed by atoms with Crippen molar-refractivity contribution < 1.29 is 5.11 Å². The van der Waals surface area contributed by atoms with Gasteiger partial charge in [0.1, 0.15) is 0 Å². The molecule has 0 saturated heterocycles. The molecule has 0 saturated carbocycles. The Morgan fingerprint density at radius 2 is 2.36 bits per heavy atom. The number of aliphatic hydroxyl groups is 1. The minimum atomic E-state index is 0.206. The van der Waals surface area contributed by atoms with E-state index < -0.39 is 0 Å². The molecule has 3 heteroatoms. The van der Waals surface area contributed by atoms with Crippen molar-refractivity contribution in [2.75, 3.05) is 6.61 Å². The summed E-state index contributed by atoms with van der Waals surface area (Å²) >= 11 is 0. The van der Waals surface area contributed by atoms with Crippen LogP contribution in [0.3, 0.4) is 0 Å². The Bertz CT molecular complexity index is 255. The summed E-state index contributed by atoms with van der Waals surface area (Å²) in [6, 6.07) is 0. The fourth-order valence-electron chi connectivity index (χ4n) is 1.70. The number of nitrogens with one attached hydrogen (secondary N) is 1. The van der Waals surface area contributed by atoms with Gasteiger partial charge < -0.3 is 5.11 Å². The predicted octanol–water partition coefficient (Wildman–Crippen LogP) is 0.433. The molecule has 0 spiro atoms. The number of hydrogen-bond donors (Lipinski definition) is 2. The average molecular weight is 152 g/mol. The minimum Gasteiger partial charge on any atom is -0.396 e. The van der Waals surface area contributed by atoms with E-state index in [1.807, 2.05) is 0 Å². The monoisotopic (exact) mass is 152 g/mol. The van der Waals surface area contributed by atoms with Gasteiger partial charge >= 0.3 is 0 Å². The van der Waals surface area contributed by atoms with Crippen molar-refractivity contribution in [3.63, 3.8) is 0 Å². The van der Waals surface area contributed by atoms with E-state index in [0.29, 0.717) is 6.42 Å². The van der Waals surface area contributed by atoms with E-state index in [-0.39, 0.29) is 6.61 Å². The zero-order chi connectivity index (χ0) is 7.68. The van der Waals surface area contributed by atoms with Gasteiger partial charge in [0.15, 0.2) is 0 Å². The molecule has 1 aromatic rings. The average Bonchev–Trinajstić information content (AvgIpc) is 2.53. The van der Waals surface area contributed by atoms with Crippen LogP contribution in [0.4, 0.5) is 0 Å². The van der Waals surface area contributed by atoms with E-state index in [9.17, 15) is 0 Å². The second-order valence-corrected chi connectivity index (χ2v) is 2.95. The van der Waals surface area contributed by atoms with Crippen LogP contribution in [0.2, 0.25) is 0 Å². The maximum absolute atomic E-state index is 8.72. The molecule has 1 heterocycles. The second-order valence-electron chi connectivity index (χ2n) is 2.95. The van der Waals surface area contributed by atoms with Crippen molar-refractivity contribution >= 4 is 0 Å². The first kappa shape index (κ1) is 6.85. The third-order valence-corrected chi connectivity index (χ3v) is 2.24. The van der Waals surface area contributed by atoms with Crippen LogP contribution < -0.4 is 0 Å². The molecule has 0 aliphatic heterocycles. The summed E-state index contributed by atoms with van der Waals surface area (Å²) in [7, 11) is 0. The van der Waals surface area contributed by atoms with Crippen LogP contribution in [0.25, 0.3) is 0 Å². The lowest BCUT2D eigenvalue weighted by Crippen LogP contribution is -1.94. The van der Waals surface area contributed by atoms with Gasteiger partial charge in [0, 0.05) is 18.7 Å². The zero-order valence-corrected chi connectivity index (χ0v) is 6.43. The van der Waals surface area contributed by atoms with Crippen molar-refractivity contribution in [3.8, 4) is 0 Å². The lowest BCUT2D eigenvalue weighted by atomic mass is 10.1. The molecule has 1 aliphatic carbocycles. The number of aryl methyl sites for hydroxylation is 1. The van der Waals surface area contributed by atoms with Gasteiger partial charge in [0.25, 0.3) is 0 Å². The highest BCUT2D eigenvalue weighted by Gasteiger charge is 2.17. The summed E-state index contributed by atoms with van der Waals surface area (Å²) in [5.41, 5.74) is 3.72. The van der Waals surface area contributed by atoms with Crippen LogP contribution >= 0.6 is 0 Å². The highest BCUT2D eigenvalue weighted by Crippen LogP contribution is 2.22. The maximum atomic E-state index is 8.72. The quantitative estimate of drug-likeness (QED) is 0.645. The van der Waals surface area contributed by atoms with E-state index in [4.69, 9.17) is 5.11 Å². The molecule has 0 bridgehead atoms. The Balaban J connectivity index is 2.27. The molecule has 0 aromatic carbocycles. The Kier molecular flexibility index (Phi) is 1.66. The molecule has 1 aliphatic rings. The van der Waals surface area contributed by atoms with E-state index in [2.05, 4.69) is 10.2 Å². The number of aromatic nitrogens is 2. The highest BCUT2D eigenvalue weighted by atomic mass is 16.3. The maximum Gasteiger partial charge on any atom is 0.0679 e. The molecule has 60 valence electrons. The number of fused-ring (bicyclic) bond motifs is 1. The molecule has 2 rings (SSSR count). The number of nitrogens with zero attached hydrogens (tertiary/aromatic N) is 1. The largest absolute Gasteiger partial charge is 0.396 e. The van der Waals surface area contributed by atoms with Gasteiger partial charge in [-0.15, -0.1) is 0 Å². The summed E-state index contributed by atoms with van der Waals surface area (Å²) in [4.78, 5) is 0. The second kappa shape index (κ2) is 2.66. The number of H-pyrrole nitrogens is 1. The first-order valence-corrected chi connectivity index (χ1v) is 4.07. The Morgan fingerprint density at radius 3 is 3.18 bits per heavy atom. The number of aromatic amines is 1. The van der Waals surface area contributed by atoms with Gasteiger partial charge in [-0.05, 0) is 24.8 Å². The molecule has 3 nitrogen and oxygen atoms in total. The SMILES string of the molecule is OCCc1n[nH]c2c1CCC2. The fourth-order valence-corrected chi connectivity index (χ4v) is 1.70. The molecule has 1 aromatic heterocycles. The van der Waals surface area contributed by atoms with Crippen LogP contribution in [-0.2, 0) is 19.3 Å². The zero-order valence-electron chi connectivity index (χ0n) is 6.43. The molecular formula is C8H12N2O. The summed E-state index contributed by atoms with van der Waals surface area (Å²) in [5.74, 6) is 0. The van der Waals surface area contributed by atoms with E-state index >= 15 is 0 Å². The molecule has 2 N–H and O–H groups in total. The van der Waals surface area contributed by atoms with Gasteiger partial charge in [-0.3, -0.25) is 5.10 Å². The smallest absolute Gasteiger partial charge is 0.0679 e. The van der Waals surface area contributed by atoms with Gasteiger partial charge in [-0.25, -0.2) is 0 Å². The molecule has 0 fully saturated rings. The van der Waals surface area contributed by atoms with Gasteiger partial charge in [0.2, 0.25) is 0 Å². The van der Waals surface area contributed by atoms with Crippen LogP contribution in [0.1, 0.15) is 23.4 Å². The number of hydrogen-bond acceptors (Lipinski definition) is 2.